The zero-order chi connectivity index (χ0) is 27.0. The second kappa shape index (κ2) is 9.77. The third-order valence-corrected chi connectivity index (χ3v) is 7.20. The maximum absolute atomic E-state index is 14.0. The van der Waals surface area contributed by atoms with Crippen LogP contribution in [-0.4, -0.2) is 32.8 Å². The number of oxazole rings is 1. The number of halogens is 3. The Balaban J connectivity index is 1.88. The van der Waals surface area contributed by atoms with Crippen molar-refractivity contribution in [3.05, 3.63) is 78.2 Å². The molecule has 0 amide bonds. The molecule has 4 aromatic rings. The van der Waals surface area contributed by atoms with E-state index in [1.54, 1.807) is 0 Å². The highest BCUT2D eigenvalue weighted by atomic mass is 32.2. The molecule has 0 radical (unpaired) electrons. The molecular formula is C25H21F3N2O6S. The standard InChI is InChI=1S/C25H21F3N2O6S/c1-15(2)20-10-9-19(13-21(20)24(31)34-3)37(32,33)30(17-6-11-23-22(12-17)29-14-35-23)16-4-7-18(8-5-16)36-25(26,27)28/h4-15H,1-3H3. The number of aromatic nitrogens is 1. The summed E-state index contributed by atoms with van der Waals surface area (Å²) < 4.78 is 80.8. The number of rotatable bonds is 7. The van der Waals surface area contributed by atoms with Crippen LogP contribution in [0, 0.1) is 0 Å². The molecular weight excluding hydrogens is 513 g/mol. The fraction of sp³-hybridized carbons (Fsp3) is 0.200. The topological polar surface area (TPSA) is 98.9 Å². The van der Waals surface area contributed by atoms with E-state index in [2.05, 4.69) is 9.72 Å². The maximum Gasteiger partial charge on any atom is 0.573 e. The Morgan fingerprint density at radius 2 is 1.68 bits per heavy atom. The van der Waals surface area contributed by atoms with Gasteiger partial charge in [-0.15, -0.1) is 13.2 Å². The Hall–Kier alpha value is -4.06. The lowest BCUT2D eigenvalue weighted by Crippen LogP contribution is -2.27. The molecule has 37 heavy (non-hydrogen) atoms. The van der Waals surface area contributed by atoms with Crippen molar-refractivity contribution in [3.63, 3.8) is 0 Å². The minimum atomic E-state index is -4.91. The van der Waals surface area contributed by atoms with E-state index in [1.807, 2.05) is 13.8 Å². The van der Waals surface area contributed by atoms with Crippen molar-refractivity contribution in [1.82, 2.24) is 4.98 Å². The van der Waals surface area contributed by atoms with Crippen molar-refractivity contribution in [2.45, 2.75) is 31.0 Å². The van der Waals surface area contributed by atoms with Gasteiger partial charge in [0.25, 0.3) is 10.0 Å². The Labute approximate surface area is 210 Å². The molecule has 3 aromatic carbocycles. The average Bonchev–Trinajstić information content (AvgIpc) is 3.31. The normalized spacial score (nSPS) is 12.1. The van der Waals surface area contributed by atoms with Crippen LogP contribution in [0.3, 0.4) is 0 Å². The zero-order valence-electron chi connectivity index (χ0n) is 19.8. The lowest BCUT2D eigenvalue weighted by molar-refractivity contribution is -0.274. The van der Waals surface area contributed by atoms with Gasteiger partial charge in [0.15, 0.2) is 12.0 Å². The average molecular weight is 535 g/mol. The molecule has 0 saturated heterocycles. The van der Waals surface area contributed by atoms with Gasteiger partial charge in [-0.25, -0.2) is 22.5 Å². The molecule has 0 spiro atoms. The highest BCUT2D eigenvalue weighted by molar-refractivity contribution is 7.93. The smallest absolute Gasteiger partial charge is 0.465 e. The zero-order valence-corrected chi connectivity index (χ0v) is 20.6. The summed E-state index contributed by atoms with van der Waals surface area (Å²) in [6, 6.07) is 12.9. The maximum atomic E-state index is 14.0. The van der Waals surface area contributed by atoms with E-state index in [9.17, 15) is 26.4 Å². The number of benzene rings is 3. The van der Waals surface area contributed by atoms with Crippen LogP contribution >= 0.6 is 0 Å². The van der Waals surface area contributed by atoms with Crippen molar-refractivity contribution < 1.29 is 40.3 Å². The Bertz CT molecular complexity index is 1550. The molecule has 0 unspecified atom stereocenters. The minimum absolute atomic E-state index is 0.0184. The Morgan fingerprint density at radius 1 is 1.00 bits per heavy atom. The number of hydrogen-bond donors (Lipinski definition) is 0. The van der Waals surface area contributed by atoms with E-state index in [1.165, 1.54) is 62.0 Å². The highest BCUT2D eigenvalue weighted by Crippen LogP contribution is 2.36. The SMILES string of the molecule is COC(=O)c1cc(S(=O)(=O)N(c2ccc(OC(F)(F)F)cc2)c2ccc3ocnc3c2)ccc1C(C)C. The lowest BCUT2D eigenvalue weighted by Gasteiger charge is -2.25. The molecule has 0 atom stereocenters. The summed E-state index contributed by atoms with van der Waals surface area (Å²) in [7, 11) is -3.22. The summed E-state index contributed by atoms with van der Waals surface area (Å²) in [6.07, 6.45) is -3.71. The first-order valence-corrected chi connectivity index (χ1v) is 12.3. The molecule has 0 aliphatic heterocycles. The monoisotopic (exact) mass is 534 g/mol. The van der Waals surface area contributed by atoms with Gasteiger partial charge in [0.1, 0.15) is 11.3 Å². The fourth-order valence-corrected chi connectivity index (χ4v) is 5.28. The number of anilines is 2. The molecule has 1 aromatic heterocycles. The van der Waals surface area contributed by atoms with Crippen LogP contribution in [0.2, 0.25) is 0 Å². The van der Waals surface area contributed by atoms with E-state index >= 15 is 0 Å². The van der Waals surface area contributed by atoms with Crippen molar-refractivity contribution in [2.24, 2.45) is 0 Å². The largest absolute Gasteiger partial charge is 0.573 e. The molecule has 0 saturated carbocycles. The minimum Gasteiger partial charge on any atom is -0.465 e. The van der Waals surface area contributed by atoms with E-state index in [0.29, 0.717) is 16.7 Å². The van der Waals surface area contributed by atoms with E-state index in [-0.39, 0.29) is 27.8 Å². The van der Waals surface area contributed by atoms with E-state index < -0.39 is 28.1 Å². The predicted molar refractivity (Wildman–Crippen MR) is 128 cm³/mol. The third-order valence-electron chi connectivity index (χ3n) is 5.44. The number of carbonyl (C=O) groups excluding carboxylic acids is 1. The number of fused-ring (bicyclic) bond motifs is 1. The number of hydrogen-bond acceptors (Lipinski definition) is 7. The predicted octanol–water partition coefficient (Wildman–Crippen LogP) is 6.16. The number of methoxy groups -OCH3 is 1. The number of ether oxygens (including phenoxy) is 2. The molecule has 0 aliphatic rings. The summed E-state index contributed by atoms with van der Waals surface area (Å²) in [5.74, 6) is -1.32. The molecule has 0 bridgehead atoms. The van der Waals surface area contributed by atoms with Crippen molar-refractivity contribution in [3.8, 4) is 5.75 Å². The van der Waals surface area contributed by atoms with Crippen molar-refractivity contribution in [2.75, 3.05) is 11.4 Å². The van der Waals surface area contributed by atoms with Crippen LogP contribution in [-0.2, 0) is 14.8 Å². The van der Waals surface area contributed by atoms with Gasteiger partial charge in [-0.05, 0) is 66.1 Å². The Kier molecular flexibility index (Phi) is 6.87. The van der Waals surface area contributed by atoms with Crippen LogP contribution in [0.25, 0.3) is 11.1 Å². The van der Waals surface area contributed by atoms with Gasteiger partial charge in [-0.2, -0.15) is 0 Å². The van der Waals surface area contributed by atoms with Crippen LogP contribution in [0.5, 0.6) is 5.75 Å². The molecule has 0 fully saturated rings. The van der Waals surface area contributed by atoms with Gasteiger partial charge < -0.3 is 13.9 Å². The lowest BCUT2D eigenvalue weighted by atomic mass is 9.97. The molecule has 8 nitrogen and oxygen atoms in total. The van der Waals surface area contributed by atoms with Gasteiger partial charge in [-0.1, -0.05) is 19.9 Å². The highest BCUT2D eigenvalue weighted by Gasteiger charge is 2.32. The van der Waals surface area contributed by atoms with E-state index in [0.717, 1.165) is 16.4 Å². The quantitative estimate of drug-likeness (QED) is 0.262. The van der Waals surface area contributed by atoms with Gasteiger partial charge >= 0.3 is 12.3 Å². The van der Waals surface area contributed by atoms with Gasteiger partial charge in [-0.3, -0.25) is 0 Å². The number of sulfonamides is 1. The summed E-state index contributed by atoms with van der Waals surface area (Å²) in [4.78, 5) is 16.3. The van der Waals surface area contributed by atoms with Crippen LogP contribution in [0.4, 0.5) is 24.5 Å². The molecule has 4 rings (SSSR count). The first-order valence-electron chi connectivity index (χ1n) is 10.9. The molecule has 12 heteroatoms. The summed E-state index contributed by atoms with van der Waals surface area (Å²) in [5.41, 5.74) is 1.60. The van der Waals surface area contributed by atoms with Crippen molar-refractivity contribution in [1.29, 1.82) is 0 Å². The molecule has 0 aliphatic carbocycles. The number of nitrogens with zero attached hydrogens (tertiary/aromatic N) is 2. The van der Waals surface area contributed by atoms with Crippen LogP contribution in [0.15, 0.2) is 76.4 Å². The molecule has 0 N–H and O–H groups in total. The van der Waals surface area contributed by atoms with Gasteiger partial charge in [0.05, 0.1) is 28.9 Å². The first-order chi connectivity index (χ1) is 17.4. The van der Waals surface area contributed by atoms with Crippen molar-refractivity contribution >= 4 is 38.5 Å². The summed E-state index contributed by atoms with van der Waals surface area (Å²) >= 11 is 0. The first kappa shape index (κ1) is 26.0. The number of esters is 1. The summed E-state index contributed by atoms with van der Waals surface area (Å²) in [6.45, 7) is 3.69. The van der Waals surface area contributed by atoms with Crippen LogP contribution < -0.4 is 9.04 Å². The summed E-state index contributed by atoms with van der Waals surface area (Å²) in [5, 5.41) is 0. The molecule has 1 heterocycles. The Morgan fingerprint density at radius 3 is 2.30 bits per heavy atom. The second-order valence-corrected chi connectivity index (χ2v) is 10.00. The third kappa shape index (κ3) is 5.38. The van der Waals surface area contributed by atoms with Gasteiger partial charge in [0.2, 0.25) is 0 Å². The molecule has 194 valence electrons. The van der Waals surface area contributed by atoms with Crippen LogP contribution in [0.1, 0.15) is 35.7 Å². The number of alkyl halides is 3. The number of carbonyl (C=O) groups is 1. The van der Waals surface area contributed by atoms with E-state index in [4.69, 9.17) is 9.15 Å². The van der Waals surface area contributed by atoms with Gasteiger partial charge in [0, 0.05) is 0 Å². The fourth-order valence-electron chi connectivity index (χ4n) is 3.77. The second-order valence-electron chi connectivity index (χ2n) is 8.21.